The van der Waals surface area contributed by atoms with Gasteiger partial charge in [-0.25, -0.2) is 8.42 Å². The Morgan fingerprint density at radius 1 is 0.929 bits per heavy atom. The third-order valence-electron chi connectivity index (χ3n) is 2.64. The zero-order chi connectivity index (χ0) is 10.4. The van der Waals surface area contributed by atoms with Gasteiger partial charge in [-0.3, -0.25) is 0 Å². The van der Waals surface area contributed by atoms with Gasteiger partial charge in [-0.1, -0.05) is 32.3 Å². The number of sulfonamides is 1. The average Bonchev–Trinajstić information content (AvgIpc) is 2.30. The van der Waals surface area contributed by atoms with Crippen LogP contribution < -0.4 is 0 Å². The minimum absolute atomic E-state index is 0.661. The molecular formula is C10H19NO2S. The van der Waals surface area contributed by atoms with Crippen LogP contribution >= 0.6 is 0 Å². The highest BCUT2D eigenvalue weighted by molar-refractivity contribution is 7.92. The van der Waals surface area contributed by atoms with Crippen LogP contribution in [0.3, 0.4) is 0 Å². The van der Waals surface area contributed by atoms with Gasteiger partial charge in [0.2, 0.25) is 10.0 Å². The molecule has 0 aromatic heterocycles. The lowest BCUT2D eigenvalue weighted by atomic mass is 10.1. The number of hydrogen-bond acceptors (Lipinski definition) is 2. The Hall–Kier alpha value is -0.350. The third kappa shape index (κ3) is 3.42. The number of rotatable bonds is 2. The molecule has 0 radical (unpaired) electrons. The van der Waals surface area contributed by atoms with Crippen LogP contribution in [0.15, 0.2) is 12.0 Å². The molecule has 0 aromatic rings. The highest BCUT2D eigenvalue weighted by Crippen LogP contribution is 2.14. The quantitative estimate of drug-likeness (QED) is 0.710. The van der Waals surface area contributed by atoms with E-state index in [1.54, 1.807) is 4.31 Å². The Morgan fingerprint density at radius 3 is 1.79 bits per heavy atom. The van der Waals surface area contributed by atoms with Gasteiger partial charge in [-0.2, -0.15) is 4.31 Å². The van der Waals surface area contributed by atoms with E-state index in [0.717, 1.165) is 31.1 Å². The van der Waals surface area contributed by atoms with Crippen LogP contribution in [-0.4, -0.2) is 25.8 Å². The van der Waals surface area contributed by atoms with E-state index in [1.165, 1.54) is 12.8 Å². The van der Waals surface area contributed by atoms with Crippen LogP contribution in [0.25, 0.3) is 0 Å². The number of nitrogens with zero attached hydrogens (tertiary/aromatic N) is 1. The molecule has 1 fully saturated rings. The fourth-order valence-electron chi connectivity index (χ4n) is 1.76. The first-order valence-electron chi connectivity index (χ1n) is 5.29. The normalized spacial score (nSPS) is 22.0. The fraction of sp³-hybridized carbons (Fsp3) is 0.800. The van der Waals surface area contributed by atoms with E-state index in [1.807, 2.05) is 0 Å². The Bertz CT molecular complexity index is 262. The van der Waals surface area contributed by atoms with Crippen LogP contribution in [0, 0.1) is 0 Å². The predicted octanol–water partition coefficient (Wildman–Crippen LogP) is 2.12. The van der Waals surface area contributed by atoms with E-state index in [4.69, 9.17) is 0 Å². The van der Waals surface area contributed by atoms with Gasteiger partial charge >= 0.3 is 0 Å². The Morgan fingerprint density at radius 2 is 1.36 bits per heavy atom. The van der Waals surface area contributed by atoms with E-state index in [2.05, 4.69) is 6.58 Å². The minimum atomic E-state index is -3.18. The summed E-state index contributed by atoms with van der Waals surface area (Å²) in [4.78, 5) is 0. The smallest absolute Gasteiger partial charge is 0.208 e. The van der Waals surface area contributed by atoms with Crippen LogP contribution in [0.5, 0.6) is 0 Å². The van der Waals surface area contributed by atoms with E-state index in [9.17, 15) is 8.42 Å². The Labute approximate surface area is 86.8 Å². The van der Waals surface area contributed by atoms with Crippen molar-refractivity contribution in [2.24, 2.45) is 0 Å². The summed E-state index contributed by atoms with van der Waals surface area (Å²) in [6.45, 7) is 4.68. The van der Waals surface area contributed by atoms with Crippen molar-refractivity contribution in [1.82, 2.24) is 4.31 Å². The molecule has 0 aromatic carbocycles. The van der Waals surface area contributed by atoms with Crippen molar-refractivity contribution >= 4 is 10.0 Å². The maximum atomic E-state index is 11.5. The molecule has 3 nitrogen and oxygen atoms in total. The topological polar surface area (TPSA) is 37.4 Å². The van der Waals surface area contributed by atoms with Crippen molar-refractivity contribution in [1.29, 1.82) is 0 Å². The molecule has 0 spiro atoms. The molecule has 0 bridgehead atoms. The van der Waals surface area contributed by atoms with Crippen LogP contribution in [-0.2, 0) is 10.0 Å². The van der Waals surface area contributed by atoms with Crippen molar-refractivity contribution in [2.75, 3.05) is 13.1 Å². The van der Waals surface area contributed by atoms with Gasteiger partial charge in [0.25, 0.3) is 0 Å². The SMILES string of the molecule is C=CS(=O)(=O)N1CCCCCCCC1. The summed E-state index contributed by atoms with van der Waals surface area (Å²) in [5, 5.41) is 1.06. The minimum Gasteiger partial charge on any atom is -0.208 e. The molecule has 1 aliphatic heterocycles. The maximum absolute atomic E-state index is 11.5. The third-order valence-corrected chi connectivity index (χ3v) is 4.14. The van der Waals surface area contributed by atoms with E-state index < -0.39 is 10.0 Å². The van der Waals surface area contributed by atoms with Gasteiger partial charge in [-0.15, -0.1) is 0 Å². The van der Waals surface area contributed by atoms with Crippen molar-refractivity contribution in [3.8, 4) is 0 Å². The lowest BCUT2D eigenvalue weighted by Gasteiger charge is -2.18. The second-order valence-corrected chi connectivity index (χ2v) is 5.61. The molecule has 4 heteroatoms. The maximum Gasteiger partial charge on any atom is 0.235 e. The molecule has 0 saturated carbocycles. The van der Waals surface area contributed by atoms with Crippen molar-refractivity contribution < 1.29 is 8.42 Å². The summed E-state index contributed by atoms with van der Waals surface area (Å²) < 4.78 is 24.6. The zero-order valence-corrected chi connectivity index (χ0v) is 9.43. The first-order valence-corrected chi connectivity index (χ1v) is 6.80. The monoisotopic (exact) mass is 217 g/mol. The summed E-state index contributed by atoms with van der Waals surface area (Å²) in [7, 11) is -3.18. The first-order chi connectivity index (χ1) is 6.67. The lowest BCUT2D eigenvalue weighted by molar-refractivity contribution is 0.407. The highest BCUT2D eigenvalue weighted by atomic mass is 32.2. The highest BCUT2D eigenvalue weighted by Gasteiger charge is 2.17. The Balaban J connectivity index is 2.60. The Kier molecular flexibility index (Phi) is 4.62. The molecule has 0 N–H and O–H groups in total. The largest absolute Gasteiger partial charge is 0.235 e. The molecule has 0 unspecified atom stereocenters. The zero-order valence-electron chi connectivity index (χ0n) is 8.61. The van der Waals surface area contributed by atoms with E-state index >= 15 is 0 Å². The van der Waals surface area contributed by atoms with Gasteiger partial charge in [-0.05, 0) is 12.8 Å². The molecule has 1 rings (SSSR count). The van der Waals surface area contributed by atoms with Crippen LogP contribution in [0.2, 0.25) is 0 Å². The first kappa shape index (κ1) is 11.7. The van der Waals surface area contributed by atoms with Gasteiger partial charge in [0.1, 0.15) is 0 Å². The second kappa shape index (κ2) is 5.51. The summed E-state index contributed by atoms with van der Waals surface area (Å²) in [5.41, 5.74) is 0. The molecule has 14 heavy (non-hydrogen) atoms. The summed E-state index contributed by atoms with van der Waals surface area (Å²) in [6.07, 6.45) is 6.72. The predicted molar refractivity (Wildman–Crippen MR) is 58.4 cm³/mol. The molecule has 0 aliphatic carbocycles. The fourth-order valence-corrected chi connectivity index (χ4v) is 2.73. The molecule has 0 amide bonds. The molecule has 0 atom stereocenters. The van der Waals surface area contributed by atoms with Crippen LogP contribution in [0.1, 0.15) is 38.5 Å². The standard InChI is InChI=1S/C10H19NO2S/c1-2-14(12,13)11-9-7-5-3-4-6-8-10-11/h2H,1,3-10H2. The van der Waals surface area contributed by atoms with Crippen LogP contribution in [0.4, 0.5) is 0 Å². The van der Waals surface area contributed by atoms with E-state index in [-0.39, 0.29) is 0 Å². The van der Waals surface area contributed by atoms with Gasteiger partial charge < -0.3 is 0 Å². The molecular weight excluding hydrogens is 198 g/mol. The van der Waals surface area contributed by atoms with Gasteiger partial charge in [0.15, 0.2) is 0 Å². The van der Waals surface area contributed by atoms with Crippen molar-refractivity contribution in [2.45, 2.75) is 38.5 Å². The molecule has 1 saturated heterocycles. The van der Waals surface area contributed by atoms with Gasteiger partial charge in [0, 0.05) is 18.5 Å². The summed E-state index contributed by atoms with van der Waals surface area (Å²) in [6, 6.07) is 0. The molecule has 1 heterocycles. The second-order valence-electron chi connectivity index (χ2n) is 3.73. The molecule has 1 aliphatic rings. The summed E-state index contributed by atoms with van der Waals surface area (Å²) >= 11 is 0. The van der Waals surface area contributed by atoms with Gasteiger partial charge in [0.05, 0.1) is 0 Å². The number of hydrogen-bond donors (Lipinski definition) is 0. The average molecular weight is 217 g/mol. The van der Waals surface area contributed by atoms with Crippen molar-refractivity contribution in [3.63, 3.8) is 0 Å². The molecule has 82 valence electrons. The van der Waals surface area contributed by atoms with Crippen molar-refractivity contribution in [3.05, 3.63) is 12.0 Å². The summed E-state index contributed by atoms with van der Waals surface area (Å²) in [5.74, 6) is 0. The van der Waals surface area contributed by atoms with E-state index in [0.29, 0.717) is 13.1 Å². The lowest BCUT2D eigenvalue weighted by Crippen LogP contribution is -2.31.